The first-order valence-electron chi connectivity index (χ1n) is 7.93. The second-order valence-corrected chi connectivity index (χ2v) is 6.79. The molecule has 120 valence electrons. The highest BCUT2D eigenvalue weighted by Gasteiger charge is 2.27. The molecule has 1 atom stereocenters. The minimum absolute atomic E-state index is 0.0790. The monoisotopic (exact) mass is 335 g/mol. The summed E-state index contributed by atoms with van der Waals surface area (Å²) in [6.07, 6.45) is 0.498. The number of hydrogen-bond acceptors (Lipinski definition) is 3. The van der Waals surface area contributed by atoms with Crippen LogP contribution in [0.2, 0.25) is 0 Å². The van der Waals surface area contributed by atoms with Gasteiger partial charge in [-0.15, -0.1) is 11.3 Å². The van der Waals surface area contributed by atoms with Gasteiger partial charge in [0, 0.05) is 17.2 Å². The van der Waals surface area contributed by atoms with Gasteiger partial charge in [0.25, 0.3) is 0 Å². The molecule has 0 saturated carbocycles. The van der Waals surface area contributed by atoms with Crippen LogP contribution in [-0.4, -0.2) is 5.91 Å². The Balaban J connectivity index is 1.49. The molecule has 1 N–H and O–H groups in total. The van der Waals surface area contributed by atoms with Gasteiger partial charge in [-0.25, -0.2) is 0 Å². The SMILES string of the molecule is O=C1C[C@H](c2ccc(OCc3ccccc3)cc2)c2sccc2N1. The first kappa shape index (κ1) is 15.0. The van der Waals surface area contributed by atoms with Gasteiger partial charge in [-0.05, 0) is 34.7 Å². The van der Waals surface area contributed by atoms with E-state index >= 15 is 0 Å². The summed E-state index contributed by atoms with van der Waals surface area (Å²) in [5, 5.41) is 4.96. The van der Waals surface area contributed by atoms with E-state index in [1.807, 2.05) is 53.9 Å². The fraction of sp³-hybridized carbons (Fsp3) is 0.150. The van der Waals surface area contributed by atoms with E-state index in [1.54, 1.807) is 11.3 Å². The Labute approximate surface area is 144 Å². The zero-order valence-electron chi connectivity index (χ0n) is 13.1. The Kier molecular flexibility index (Phi) is 4.05. The van der Waals surface area contributed by atoms with Crippen LogP contribution in [0.15, 0.2) is 66.0 Å². The van der Waals surface area contributed by atoms with Gasteiger partial charge in [0.15, 0.2) is 0 Å². The highest BCUT2D eigenvalue weighted by Crippen LogP contribution is 2.40. The van der Waals surface area contributed by atoms with Crippen LogP contribution in [0.4, 0.5) is 5.69 Å². The number of fused-ring (bicyclic) bond motifs is 1. The quantitative estimate of drug-likeness (QED) is 0.743. The van der Waals surface area contributed by atoms with Crippen molar-refractivity contribution in [2.75, 3.05) is 5.32 Å². The van der Waals surface area contributed by atoms with Crippen molar-refractivity contribution in [3.63, 3.8) is 0 Å². The number of thiophene rings is 1. The number of anilines is 1. The molecule has 0 spiro atoms. The Morgan fingerprint density at radius 2 is 1.83 bits per heavy atom. The molecule has 0 radical (unpaired) electrons. The van der Waals surface area contributed by atoms with Crippen LogP contribution in [0.25, 0.3) is 0 Å². The van der Waals surface area contributed by atoms with Crippen LogP contribution >= 0.6 is 11.3 Å². The predicted octanol–water partition coefficient (Wildman–Crippen LogP) is 4.80. The number of carbonyl (C=O) groups excluding carboxylic acids is 1. The Bertz CT molecular complexity index is 840. The van der Waals surface area contributed by atoms with E-state index in [2.05, 4.69) is 17.4 Å². The van der Waals surface area contributed by atoms with E-state index in [4.69, 9.17) is 4.74 Å². The number of ether oxygens (including phenoxy) is 1. The topological polar surface area (TPSA) is 38.3 Å². The highest BCUT2D eigenvalue weighted by atomic mass is 32.1. The van der Waals surface area contributed by atoms with Crippen LogP contribution in [-0.2, 0) is 11.4 Å². The molecule has 4 rings (SSSR count). The average Bonchev–Trinajstić information content (AvgIpc) is 3.09. The van der Waals surface area contributed by atoms with E-state index in [0.29, 0.717) is 13.0 Å². The summed E-state index contributed by atoms with van der Waals surface area (Å²) in [4.78, 5) is 13.1. The Hall–Kier alpha value is -2.59. The molecular weight excluding hydrogens is 318 g/mol. The lowest BCUT2D eigenvalue weighted by Crippen LogP contribution is -2.21. The fourth-order valence-electron chi connectivity index (χ4n) is 2.98. The van der Waals surface area contributed by atoms with Crippen molar-refractivity contribution in [2.45, 2.75) is 18.9 Å². The number of benzene rings is 2. The second-order valence-electron chi connectivity index (χ2n) is 5.85. The number of amides is 1. The molecule has 2 aromatic carbocycles. The van der Waals surface area contributed by atoms with Crippen molar-refractivity contribution in [3.8, 4) is 5.75 Å². The molecule has 0 fully saturated rings. The molecule has 4 heteroatoms. The van der Waals surface area contributed by atoms with E-state index < -0.39 is 0 Å². The molecule has 0 saturated heterocycles. The maximum atomic E-state index is 11.9. The summed E-state index contributed by atoms with van der Waals surface area (Å²) in [6.45, 7) is 0.557. The van der Waals surface area contributed by atoms with Crippen molar-refractivity contribution in [2.24, 2.45) is 0 Å². The maximum absolute atomic E-state index is 11.9. The average molecular weight is 335 g/mol. The third-order valence-electron chi connectivity index (χ3n) is 4.21. The van der Waals surface area contributed by atoms with E-state index in [9.17, 15) is 4.79 Å². The number of carbonyl (C=O) groups is 1. The van der Waals surface area contributed by atoms with E-state index in [0.717, 1.165) is 22.6 Å². The summed E-state index contributed by atoms with van der Waals surface area (Å²) in [5.74, 6) is 1.06. The largest absolute Gasteiger partial charge is 0.489 e. The minimum Gasteiger partial charge on any atom is -0.489 e. The highest BCUT2D eigenvalue weighted by molar-refractivity contribution is 7.10. The number of hydrogen-bond donors (Lipinski definition) is 1. The Morgan fingerprint density at radius 3 is 2.62 bits per heavy atom. The van der Waals surface area contributed by atoms with Gasteiger partial charge in [0.05, 0.1) is 5.69 Å². The summed E-state index contributed by atoms with van der Waals surface area (Å²) in [6, 6.07) is 20.2. The number of nitrogens with one attached hydrogen (secondary N) is 1. The molecule has 0 bridgehead atoms. The zero-order valence-corrected chi connectivity index (χ0v) is 13.9. The maximum Gasteiger partial charge on any atom is 0.225 e. The van der Waals surface area contributed by atoms with E-state index in [1.165, 1.54) is 4.88 Å². The Morgan fingerprint density at radius 1 is 1.04 bits per heavy atom. The lowest BCUT2D eigenvalue weighted by atomic mass is 9.91. The van der Waals surface area contributed by atoms with Gasteiger partial charge < -0.3 is 10.1 Å². The third kappa shape index (κ3) is 3.05. The number of rotatable bonds is 4. The summed E-state index contributed by atoms with van der Waals surface area (Å²) in [7, 11) is 0. The molecule has 1 aliphatic heterocycles. The lowest BCUT2D eigenvalue weighted by Gasteiger charge is -2.23. The molecular formula is C20H17NO2S. The van der Waals surface area contributed by atoms with Crippen LogP contribution in [0.1, 0.15) is 28.3 Å². The molecule has 3 nitrogen and oxygen atoms in total. The van der Waals surface area contributed by atoms with Crippen molar-refractivity contribution in [1.29, 1.82) is 0 Å². The predicted molar refractivity (Wildman–Crippen MR) is 96.6 cm³/mol. The summed E-state index contributed by atoms with van der Waals surface area (Å²) >= 11 is 1.70. The van der Waals surface area contributed by atoms with E-state index in [-0.39, 0.29) is 11.8 Å². The van der Waals surface area contributed by atoms with Crippen LogP contribution in [0, 0.1) is 0 Å². The molecule has 24 heavy (non-hydrogen) atoms. The van der Waals surface area contributed by atoms with Crippen molar-refractivity contribution in [3.05, 3.63) is 82.0 Å². The second kappa shape index (κ2) is 6.49. The normalized spacial score (nSPS) is 16.3. The van der Waals surface area contributed by atoms with Gasteiger partial charge in [0.1, 0.15) is 12.4 Å². The standard InChI is InChI=1S/C20H17NO2S/c22-19-12-17(20-18(21-19)10-11-24-20)15-6-8-16(9-7-15)23-13-14-4-2-1-3-5-14/h1-11,17H,12-13H2,(H,21,22)/t17-/m1/s1. The smallest absolute Gasteiger partial charge is 0.225 e. The first-order valence-corrected chi connectivity index (χ1v) is 8.81. The molecule has 0 unspecified atom stereocenters. The van der Waals surface area contributed by atoms with Gasteiger partial charge in [-0.3, -0.25) is 4.79 Å². The summed E-state index contributed by atoms with van der Waals surface area (Å²) < 4.78 is 5.83. The molecule has 1 aliphatic rings. The van der Waals surface area contributed by atoms with Crippen molar-refractivity contribution in [1.82, 2.24) is 0 Å². The summed E-state index contributed by atoms with van der Waals surface area (Å²) in [5.41, 5.74) is 3.25. The van der Waals surface area contributed by atoms with Gasteiger partial charge in [-0.2, -0.15) is 0 Å². The molecule has 1 amide bonds. The van der Waals surface area contributed by atoms with Gasteiger partial charge >= 0.3 is 0 Å². The first-order chi connectivity index (χ1) is 11.8. The zero-order chi connectivity index (χ0) is 16.4. The van der Waals surface area contributed by atoms with Crippen LogP contribution < -0.4 is 10.1 Å². The minimum atomic E-state index is 0.0790. The third-order valence-corrected chi connectivity index (χ3v) is 5.24. The van der Waals surface area contributed by atoms with Gasteiger partial charge in [-0.1, -0.05) is 42.5 Å². The van der Waals surface area contributed by atoms with Crippen molar-refractivity contribution >= 4 is 22.9 Å². The lowest BCUT2D eigenvalue weighted by molar-refractivity contribution is -0.116. The fourth-order valence-corrected chi connectivity index (χ4v) is 3.96. The molecule has 1 aromatic heterocycles. The van der Waals surface area contributed by atoms with Crippen LogP contribution in [0.5, 0.6) is 5.75 Å². The van der Waals surface area contributed by atoms with Gasteiger partial charge in [0.2, 0.25) is 5.91 Å². The van der Waals surface area contributed by atoms with Crippen molar-refractivity contribution < 1.29 is 9.53 Å². The molecule has 3 aromatic rings. The molecule has 0 aliphatic carbocycles. The van der Waals surface area contributed by atoms with Crippen LogP contribution in [0.3, 0.4) is 0 Å². The molecule has 2 heterocycles.